The molecule has 0 atom stereocenters. The Hall–Kier alpha value is -3.13. The van der Waals surface area contributed by atoms with Crippen LogP contribution in [0.1, 0.15) is 27.4 Å². The molecular formula is C18H19N5O3. The van der Waals surface area contributed by atoms with Crippen molar-refractivity contribution >= 4 is 5.91 Å². The van der Waals surface area contributed by atoms with Gasteiger partial charge in [-0.15, -0.1) is 0 Å². The molecule has 3 heterocycles. The van der Waals surface area contributed by atoms with Crippen molar-refractivity contribution in [1.82, 2.24) is 25.3 Å². The molecule has 0 radical (unpaired) electrons. The molecular weight excluding hydrogens is 334 g/mol. The van der Waals surface area contributed by atoms with Crippen LogP contribution in [0, 0.1) is 0 Å². The molecule has 0 aliphatic carbocycles. The van der Waals surface area contributed by atoms with Gasteiger partial charge in [0.1, 0.15) is 11.4 Å². The van der Waals surface area contributed by atoms with Gasteiger partial charge in [-0.05, 0) is 18.2 Å². The maximum absolute atomic E-state index is 12.8. The number of amides is 1. The minimum atomic E-state index is -0.141. The van der Waals surface area contributed by atoms with Gasteiger partial charge < -0.3 is 14.7 Å². The van der Waals surface area contributed by atoms with Gasteiger partial charge in [0.15, 0.2) is 0 Å². The zero-order valence-electron chi connectivity index (χ0n) is 14.3. The first kappa shape index (κ1) is 16.3. The van der Waals surface area contributed by atoms with Gasteiger partial charge in [-0.25, -0.2) is 0 Å². The number of aromatic nitrogens is 4. The summed E-state index contributed by atoms with van der Waals surface area (Å²) in [7, 11) is 1.61. The van der Waals surface area contributed by atoms with Crippen molar-refractivity contribution in [2.75, 3.05) is 13.7 Å². The average Bonchev–Trinajstić information content (AvgIpc) is 3.34. The maximum Gasteiger partial charge on any atom is 0.272 e. The highest BCUT2D eigenvalue weighted by atomic mass is 16.5. The van der Waals surface area contributed by atoms with E-state index in [-0.39, 0.29) is 12.5 Å². The van der Waals surface area contributed by atoms with E-state index in [1.54, 1.807) is 18.1 Å². The monoisotopic (exact) mass is 353 g/mol. The molecule has 0 saturated heterocycles. The second-order valence-corrected chi connectivity index (χ2v) is 6.16. The van der Waals surface area contributed by atoms with Gasteiger partial charge in [0, 0.05) is 36.3 Å². The van der Waals surface area contributed by atoms with Crippen LogP contribution in [0.2, 0.25) is 0 Å². The summed E-state index contributed by atoms with van der Waals surface area (Å²) in [5.41, 5.74) is 4.47. The third kappa shape index (κ3) is 2.84. The third-order valence-corrected chi connectivity index (χ3v) is 4.63. The van der Waals surface area contributed by atoms with Crippen molar-refractivity contribution in [1.29, 1.82) is 0 Å². The zero-order chi connectivity index (χ0) is 18.1. The molecule has 0 saturated carbocycles. The van der Waals surface area contributed by atoms with Crippen LogP contribution < -0.4 is 4.74 Å². The van der Waals surface area contributed by atoms with Crippen LogP contribution in [0.3, 0.4) is 0 Å². The van der Waals surface area contributed by atoms with Crippen LogP contribution in [0.15, 0.2) is 30.3 Å². The lowest BCUT2D eigenvalue weighted by atomic mass is 10.0. The molecule has 1 amide bonds. The second kappa shape index (κ2) is 6.64. The van der Waals surface area contributed by atoms with E-state index in [0.29, 0.717) is 36.6 Å². The lowest BCUT2D eigenvalue weighted by molar-refractivity contribution is 0.0727. The highest BCUT2D eigenvalue weighted by molar-refractivity contribution is 5.93. The molecule has 3 N–H and O–H groups in total. The minimum Gasteiger partial charge on any atom is -0.497 e. The van der Waals surface area contributed by atoms with Crippen LogP contribution in [0.25, 0.3) is 11.3 Å². The van der Waals surface area contributed by atoms with E-state index in [9.17, 15) is 9.90 Å². The number of aromatic amines is 2. The topological polar surface area (TPSA) is 107 Å². The van der Waals surface area contributed by atoms with E-state index in [1.165, 1.54) is 0 Å². The Bertz CT molecular complexity index is 932. The SMILES string of the molecule is COc1cccc(-c2cc(C(=O)N3CCc4[nH]nc(CO)c4C3)[nH]n2)c1. The molecule has 26 heavy (non-hydrogen) atoms. The Morgan fingerprint density at radius 2 is 2.19 bits per heavy atom. The number of hydrogen-bond donors (Lipinski definition) is 3. The number of aliphatic hydroxyl groups is 1. The number of nitrogens with one attached hydrogen (secondary N) is 2. The van der Waals surface area contributed by atoms with Crippen LogP contribution in [-0.2, 0) is 19.6 Å². The lowest BCUT2D eigenvalue weighted by Crippen LogP contribution is -2.36. The molecule has 8 nitrogen and oxygen atoms in total. The number of nitrogens with zero attached hydrogens (tertiary/aromatic N) is 3. The molecule has 0 spiro atoms. The number of hydrogen-bond acceptors (Lipinski definition) is 5. The van der Waals surface area contributed by atoms with E-state index in [1.807, 2.05) is 24.3 Å². The van der Waals surface area contributed by atoms with Crippen LogP contribution in [-0.4, -0.2) is 50.0 Å². The number of fused-ring (bicyclic) bond motifs is 1. The second-order valence-electron chi connectivity index (χ2n) is 6.16. The quantitative estimate of drug-likeness (QED) is 0.659. The summed E-state index contributed by atoms with van der Waals surface area (Å²) in [4.78, 5) is 14.6. The molecule has 1 aliphatic rings. The smallest absolute Gasteiger partial charge is 0.272 e. The summed E-state index contributed by atoms with van der Waals surface area (Å²) in [6.07, 6.45) is 0.685. The Labute approximate surface area is 149 Å². The number of rotatable bonds is 4. The molecule has 1 aliphatic heterocycles. The predicted molar refractivity (Wildman–Crippen MR) is 93.5 cm³/mol. The summed E-state index contributed by atoms with van der Waals surface area (Å²) in [5, 5.41) is 23.5. The largest absolute Gasteiger partial charge is 0.497 e. The van der Waals surface area contributed by atoms with Gasteiger partial charge in [0.25, 0.3) is 5.91 Å². The van der Waals surface area contributed by atoms with Gasteiger partial charge in [-0.3, -0.25) is 15.0 Å². The van der Waals surface area contributed by atoms with Gasteiger partial charge >= 0.3 is 0 Å². The first-order chi connectivity index (χ1) is 12.7. The van der Waals surface area contributed by atoms with E-state index < -0.39 is 0 Å². The molecule has 134 valence electrons. The molecule has 1 aromatic carbocycles. The van der Waals surface area contributed by atoms with E-state index >= 15 is 0 Å². The predicted octanol–water partition coefficient (Wildman–Crippen LogP) is 1.50. The van der Waals surface area contributed by atoms with Crippen LogP contribution >= 0.6 is 0 Å². The molecule has 2 aromatic heterocycles. The molecule has 0 unspecified atom stereocenters. The fourth-order valence-electron chi connectivity index (χ4n) is 3.19. The first-order valence-corrected chi connectivity index (χ1v) is 8.34. The van der Waals surface area contributed by atoms with Gasteiger partial charge in [0.2, 0.25) is 0 Å². The Morgan fingerprint density at radius 3 is 3.00 bits per heavy atom. The summed E-state index contributed by atoms with van der Waals surface area (Å²) in [5.74, 6) is 0.612. The Kier molecular flexibility index (Phi) is 4.18. The summed E-state index contributed by atoms with van der Waals surface area (Å²) in [6, 6.07) is 9.27. The third-order valence-electron chi connectivity index (χ3n) is 4.63. The number of methoxy groups -OCH3 is 1. The maximum atomic E-state index is 12.8. The van der Waals surface area contributed by atoms with Gasteiger partial charge in [-0.1, -0.05) is 12.1 Å². The number of ether oxygens (including phenoxy) is 1. The van der Waals surface area contributed by atoms with Crippen molar-refractivity contribution in [2.45, 2.75) is 19.6 Å². The number of carbonyl (C=O) groups is 1. The minimum absolute atomic E-state index is 0.123. The van der Waals surface area contributed by atoms with Gasteiger partial charge in [-0.2, -0.15) is 10.2 Å². The standard InChI is InChI=1S/C18H19N5O3/c1-26-12-4-2-3-11(7-12)15-8-16(21-20-15)18(25)23-6-5-14-13(9-23)17(10-24)22-19-14/h2-4,7-8,24H,5-6,9-10H2,1H3,(H,19,22)(H,20,21). The first-order valence-electron chi connectivity index (χ1n) is 8.34. The number of carbonyl (C=O) groups excluding carboxylic acids is 1. The summed E-state index contributed by atoms with van der Waals surface area (Å²) < 4.78 is 5.23. The highest BCUT2D eigenvalue weighted by Gasteiger charge is 2.26. The van der Waals surface area contributed by atoms with Crippen molar-refractivity contribution < 1.29 is 14.6 Å². The van der Waals surface area contributed by atoms with Crippen LogP contribution in [0.4, 0.5) is 0 Å². The fraction of sp³-hybridized carbons (Fsp3) is 0.278. The molecule has 0 fully saturated rings. The Morgan fingerprint density at radius 1 is 1.31 bits per heavy atom. The normalized spacial score (nSPS) is 13.5. The van der Waals surface area contributed by atoms with Crippen molar-refractivity contribution in [3.8, 4) is 17.0 Å². The van der Waals surface area contributed by atoms with Crippen molar-refractivity contribution in [3.63, 3.8) is 0 Å². The molecule has 8 heteroatoms. The van der Waals surface area contributed by atoms with E-state index in [0.717, 1.165) is 22.6 Å². The fourth-order valence-corrected chi connectivity index (χ4v) is 3.19. The van der Waals surface area contributed by atoms with Gasteiger partial charge in [0.05, 0.1) is 25.1 Å². The summed E-state index contributed by atoms with van der Waals surface area (Å²) >= 11 is 0. The summed E-state index contributed by atoms with van der Waals surface area (Å²) in [6.45, 7) is 0.873. The molecule has 0 bridgehead atoms. The lowest BCUT2D eigenvalue weighted by Gasteiger charge is -2.26. The van der Waals surface area contributed by atoms with E-state index in [2.05, 4.69) is 20.4 Å². The number of H-pyrrole nitrogens is 2. The van der Waals surface area contributed by atoms with E-state index in [4.69, 9.17) is 4.74 Å². The molecule has 4 rings (SSSR count). The van der Waals surface area contributed by atoms with Crippen molar-refractivity contribution in [2.24, 2.45) is 0 Å². The average molecular weight is 353 g/mol. The molecule has 3 aromatic rings. The van der Waals surface area contributed by atoms with Crippen LogP contribution in [0.5, 0.6) is 5.75 Å². The number of benzene rings is 1. The Balaban J connectivity index is 1.55. The highest BCUT2D eigenvalue weighted by Crippen LogP contribution is 2.25. The zero-order valence-corrected chi connectivity index (χ0v) is 14.3. The van der Waals surface area contributed by atoms with Crippen molar-refractivity contribution in [3.05, 3.63) is 53.0 Å². The number of aliphatic hydroxyl groups excluding tert-OH is 1.